The predicted octanol–water partition coefficient (Wildman–Crippen LogP) is 1.62. The molecule has 0 aliphatic carbocycles. The van der Waals surface area contributed by atoms with Crippen LogP contribution in [0.1, 0.15) is 6.42 Å². The van der Waals surface area contributed by atoms with Gasteiger partial charge in [0.25, 0.3) is 5.69 Å². The van der Waals surface area contributed by atoms with Gasteiger partial charge in [0.2, 0.25) is 0 Å². The lowest BCUT2D eigenvalue weighted by Gasteiger charge is -2.16. The summed E-state index contributed by atoms with van der Waals surface area (Å²) in [6, 6.07) is 5.22. The Balaban J connectivity index is 1.93. The number of urea groups is 1. The number of nitrogens with one attached hydrogen (secondary N) is 1. The average molecular weight is 293 g/mol. The molecule has 1 fully saturated rings. The third kappa shape index (κ3) is 3.47. The number of nitro benzene ring substituents is 1. The highest BCUT2D eigenvalue weighted by molar-refractivity contribution is 5.90. The van der Waals surface area contributed by atoms with Crippen LogP contribution in [0.15, 0.2) is 24.3 Å². The Bertz CT molecular complexity index is 557. The molecule has 1 aromatic carbocycles. The van der Waals surface area contributed by atoms with Gasteiger partial charge in [-0.25, -0.2) is 4.79 Å². The van der Waals surface area contributed by atoms with Crippen molar-refractivity contribution in [1.29, 1.82) is 0 Å². The number of hydrogen-bond acceptors (Lipinski definition) is 5. The predicted molar refractivity (Wildman–Crippen MR) is 73.8 cm³/mol. The summed E-state index contributed by atoms with van der Waals surface area (Å²) >= 11 is 0. The average Bonchev–Trinajstić information content (AvgIpc) is 2.97. The van der Waals surface area contributed by atoms with Crippen molar-refractivity contribution in [2.24, 2.45) is 5.92 Å². The molecular weight excluding hydrogens is 278 g/mol. The van der Waals surface area contributed by atoms with Crippen LogP contribution in [0.2, 0.25) is 0 Å². The lowest BCUT2D eigenvalue weighted by molar-refractivity contribution is -0.384. The molecular formula is C13H15N3O5. The van der Waals surface area contributed by atoms with E-state index in [1.807, 2.05) is 0 Å². The summed E-state index contributed by atoms with van der Waals surface area (Å²) in [5, 5.41) is 13.2. The first-order valence-electron chi connectivity index (χ1n) is 6.39. The van der Waals surface area contributed by atoms with Crippen LogP contribution in [0.5, 0.6) is 0 Å². The van der Waals surface area contributed by atoms with Crippen molar-refractivity contribution in [2.75, 3.05) is 25.5 Å². The largest absolute Gasteiger partial charge is 0.469 e. The van der Waals surface area contributed by atoms with Crippen molar-refractivity contribution in [2.45, 2.75) is 6.42 Å². The number of nitrogens with zero attached hydrogens (tertiary/aromatic N) is 2. The molecule has 1 aromatic rings. The van der Waals surface area contributed by atoms with Gasteiger partial charge in [0, 0.05) is 30.9 Å². The van der Waals surface area contributed by atoms with Crippen LogP contribution in [0.4, 0.5) is 16.2 Å². The van der Waals surface area contributed by atoms with E-state index in [9.17, 15) is 19.7 Å². The fraction of sp³-hybridized carbons (Fsp3) is 0.385. The highest BCUT2D eigenvalue weighted by atomic mass is 16.6. The standard InChI is InChI=1S/C13H15N3O5/c1-21-12(17)9-6-7-15(8-9)13(18)14-10-2-4-11(5-3-10)16(19)20/h2-5,9H,6-8H2,1H3,(H,14,18). The molecule has 112 valence electrons. The van der Waals surface area contributed by atoms with Crippen molar-refractivity contribution < 1.29 is 19.2 Å². The molecule has 0 saturated carbocycles. The monoisotopic (exact) mass is 293 g/mol. The number of likely N-dealkylation sites (tertiary alicyclic amines) is 1. The molecule has 2 rings (SSSR count). The number of non-ortho nitro benzene ring substituents is 1. The Morgan fingerprint density at radius 2 is 2.05 bits per heavy atom. The summed E-state index contributed by atoms with van der Waals surface area (Å²) < 4.78 is 4.65. The van der Waals surface area contributed by atoms with Gasteiger partial charge in [-0.3, -0.25) is 14.9 Å². The van der Waals surface area contributed by atoms with Crippen LogP contribution >= 0.6 is 0 Å². The molecule has 0 radical (unpaired) electrons. The lowest BCUT2D eigenvalue weighted by Crippen LogP contribution is -2.33. The van der Waals surface area contributed by atoms with Crippen molar-refractivity contribution in [1.82, 2.24) is 4.90 Å². The molecule has 21 heavy (non-hydrogen) atoms. The summed E-state index contributed by atoms with van der Waals surface area (Å²) in [5.41, 5.74) is 0.423. The van der Waals surface area contributed by atoms with Crippen LogP contribution in [-0.4, -0.2) is 42.0 Å². The molecule has 2 amide bonds. The van der Waals surface area contributed by atoms with E-state index in [1.165, 1.54) is 36.3 Å². The number of rotatable bonds is 3. The molecule has 1 unspecified atom stereocenters. The third-order valence-electron chi connectivity index (χ3n) is 3.34. The van der Waals surface area contributed by atoms with E-state index >= 15 is 0 Å². The van der Waals surface area contributed by atoms with Crippen LogP contribution in [-0.2, 0) is 9.53 Å². The zero-order valence-corrected chi connectivity index (χ0v) is 11.4. The Kier molecular flexibility index (Phi) is 4.36. The van der Waals surface area contributed by atoms with Gasteiger partial charge in [-0.2, -0.15) is 0 Å². The Morgan fingerprint density at radius 3 is 2.62 bits per heavy atom. The number of methoxy groups -OCH3 is 1. The summed E-state index contributed by atoms with van der Waals surface area (Å²) in [6.07, 6.45) is 0.570. The minimum absolute atomic E-state index is 0.0417. The van der Waals surface area contributed by atoms with Crippen LogP contribution in [0.25, 0.3) is 0 Å². The van der Waals surface area contributed by atoms with Crippen molar-refractivity contribution in [3.05, 3.63) is 34.4 Å². The molecule has 1 N–H and O–H groups in total. The van der Waals surface area contributed by atoms with E-state index in [4.69, 9.17) is 0 Å². The first-order chi connectivity index (χ1) is 10.0. The minimum Gasteiger partial charge on any atom is -0.469 e. The number of anilines is 1. The van der Waals surface area contributed by atoms with Gasteiger partial charge >= 0.3 is 12.0 Å². The van der Waals surface area contributed by atoms with E-state index in [-0.39, 0.29) is 23.6 Å². The lowest BCUT2D eigenvalue weighted by atomic mass is 10.1. The molecule has 1 heterocycles. The summed E-state index contributed by atoms with van der Waals surface area (Å²) in [4.78, 5) is 35.0. The van der Waals surface area contributed by atoms with E-state index in [0.29, 0.717) is 25.2 Å². The number of amides is 2. The van der Waals surface area contributed by atoms with Crippen LogP contribution in [0, 0.1) is 16.0 Å². The Morgan fingerprint density at radius 1 is 1.38 bits per heavy atom. The number of nitro groups is 1. The second kappa shape index (κ2) is 6.21. The molecule has 0 spiro atoms. The van der Waals surface area contributed by atoms with Crippen molar-refractivity contribution in [3.8, 4) is 0 Å². The summed E-state index contributed by atoms with van der Waals surface area (Å²) in [7, 11) is 1.32. The molecule has 1 saturated heterocycles. The molecule has 0 aromatic heterocycles. The number of ether oxygens (including phenoxy) is 1. The maximum atomic E-state index is 12.0. The summed E-state index contributed by atoms with van der Waals surface area (Å²) in [5.74, 6) is -0.613. The smallest absolute Gasteiger partial charge is 0.321 e. The topological polar surface area (TPSA) is 102 Å². The number of hydrogen-bond donors (Lipinski definition) is 1. The minimum atomic E-state index is -0.507. The van der Waals surface area contributed by atoms with Crippen LogP contribution in [0.3, 0.4) is 0 Å². The van der Waals surface area contributed by atoms with Crippen LogP contribution < -0.4 is 5.32 Å². The van der Waals surface area contributed by atoms with Crippen molar-refractivity contribution in [3.63, 3.8) is 0 Å². The molecule has 1 atom stereocenters. The number of carbonyl (C=O) groups excluding carboxylic acids is 2. The Labute approximate surface area is 120 Å². The second-order valence-corrected chi connectivity index (χ2v) is 4.69. The molecule has 0 bridgehead atoms. The first-order valence-corrected chi connectivity index (χ1v) is 6.39. The second-order valence-electron chi connectivity index (χ2n) is 4.69. The SMILES string of the molecule is COC(=O)C1CCN(C(=O)Nc2ccc([N+](=O)[O-])cc2)C1. The van der Waals surface area contributed by atoms with Crippen molar-refractivity contribution >= 4 is 23.4 Å². The van der Waals surface area contributed by atoms with Gasteiger partial charge in [-0.15, -0.1) is 0 Å². The fourth-order valence-corrected chi connectivity index (χ4v) is 2.17. The highest BCUT2D eigenvalue weighted by Crippen LogP contribution is 2.20. The zero-order valence-electron chi connectivity index (χ0n) is 11.4. The van der Waals surface area contributed by atoms with Gasteiger partial charge in [0.1, 0.15) is 0 Å². The first kappa shape index (κ1) is 14.8. The molecule has 8 nitrogen and oxygen atoms in total. The maximum Gasteiger partial charge on any atom is 0.321 e. The quantitative estimate of drug-likeness (QED) is 0.518. The van der Waals surface area contributed by atoms with E-state index < -0.39 is 4.92 Å². The highest BCUT2D eigenvalue weighted by Gasteiger charge is 2.31. The number of carbonyl (C=O) groups is 2. The maximum absolute atomic E-state index is 12.0. The van der Waals surface area contributed by atoms with Gasteiger partial charge in [0.15, 0.2) is 0 Å². The zero-order chi connectivity index (χ0) is 15.4. The van der Waals surface area contributed by atoms with E-state index in [0.717, 1.165) is 0 Å². The Hall–Kier alpha value is -2.64. The molecule has 8 heteroatoms. The number of benzene rings is 1. The molecule has 1 aliphatic heterocycles. The van der Waals surface area contributed by atoms with E-state index in [2.05, 4.69) is 10.1 Å². The number of esters is 1. The summed E-state index contributed by atoms with van der Waals surface area (Å²) in [6.45, 7) is 0.782. The van der Waals surface area contributed by atoms with Gasteiger partial charge in [0.05, 0.1) is 18.0 Å². The van der Waals surface area contributed by atoms with Gasteiger partial charge < -0.3 is 15.0 Å². The fourth-order valence-electron chi connectivity index (χ4n) is 2.17. The third-order valence-corrected chi connectivity index (χ3v) is 3.34. The molecule has 1 aliphatic rings. The van der Waals surface area contributed by atoms with Gasteiger partial charge in [-0.1, -0.05) is 0 Å². The van der Waals surface area contributed by atoms with E-state index in [1.54, 1.807) is 0 Å². The normalized spacial score (nSPS) is 17.4. The van der Waals surface area contributed by atoms with Gasteiger partial charge in [-0.05, 0) is 18.6 Å².